The van der Waals surface area contributed by atoms with Crippen LogP contribution in [0.4, 0.5) is 4.79 Å². The van der Waals surface area contributed by atoms with Crippen LogP contribution in [0.5, 0.6) is 0 Å². The molecule has 5 fully saturated rings. The third kappa shape index (κ3) is 5.11. The molecule has 0 aromatic heterocycles. The summed E-state index contributed by atoms with van der Waals surface area (Å²) in [5.74, 6) is -1.22. The Balaban J connectivity index is 1.62. The quantitative estimate of drug-likeness (QED) is 0.335. The van der Waals surface area contributed by atoms with Gasteiger partial charge in [-0.25, -0.2) is 4.79 Å². The summed E-state index contributed by atoms with van der Waals surface area (Å²) < 4.78 is 32.9. The highest BCUT2D eigenvalue weighted by molar-refractivity contribution is 5.93. The first-order chi connectivity index (χ1) is 20.5. The molecule has 2 aliphatic carbocycles. The van der Waals surface area contributed by atoms with Gasteiger partial charge in [-0.05, 0) is 72.1 Å². The molecule has 0 aromatic rings. The Labute approximate surface area is 262 Å². The van der Waals surface area contributed by atoms with Crippen LogP contribution in [0.2, 0.25) is 0 Å². The molecule has 5 aliphatic rings. The van der Waals surface area contributed by atoms with Crippen LogP contribution in [0, 0.1) is 16.7 Å². The predicted molar refractivity (Wildman–Crippen MR) is 163 cm³/mol. The zero-order valence-corrected chi connectivity index (χ0v) is 27.9. The number of Topliss-reactive ketones (excluding diaryl/α,β-unsaturated/α-hetero) is 1. The van der Waals surface area contributed by atoms with Gasteiger partial charge in [-0.3, -0.25) is 14.5 Å². The average Bonchev–Trinajstić information content (AvgIpc) is 2.93. The van der Waals surface area contributed by atoms with Crippen LogP contribution in [0.1, 0.15) is 80.1 Å². The van der Waals surface area contributed by atoms with Crippen LogP contribution in [0.3, 0.4) is 0 Å². The summed E-state index contributed by atoms with van der Waals surface area (Å²) in [4.78, 5) is 45.4. The summed E-state index contributed by atoms with van der Waals surface area (Å²) in [6.45, 7) is 18.3. The van der Waals surface area contributed by atoms with Crippen molar-refractivity contribution < 1.29 is 38.1 Å². The summed E-state index contributed by atoms with van der Waals surface area (Å²) in [7, 11) is 3.67. The van der Waals surface area contributed by atoms with E-state index in [1.54, 1.807) is 24.8 Å². The van der Waals surface area contributed by atoms with E-state index < -0.39 is 70.3 Å². The molecule has 1 unspecified atom stereocenters. The lowest BCUT2D eigenvalue weighted by atomic mass is 9.39. The van der Waals surface area contributed by atoms with Gasteiger partial charge < -0.3 is 33.9 Å². The fraction of sp³-hybridized carbons (Fsp3) is 0.848. The second-order valence-electron chi connectivity index (χ2n) is 15.0. The zero-order chi connectivity index (χ0) is 32.3. The standard InChI is InChI=1S/C33H53N3O8/c1-10-30(5)20-22(38)33-31(6)23(41-28(43-33)35(8)9)14-15-29(3,4)25(31)24(26(40-21(2)37)32(33,7)44-30)42-27(39)34-16-19-36-17-12-11-13-18-36/h10,23-26,28H,1,11-20H2,2-9H3,(H,34,39)/t23-,24-,25-,26-,28?,30-,31-,32+,33-/m0/s1. The molecule has 1 spiro atoms. The molecule has 1 amide bonds. The van der Waals surface area contributed by atoms with Gasteiger partial charge in [0.05, 0.1) is 11.7 Å². The maximum atomic E-state index is 14.8. The third-order valence-electron chi connectivity index (χ3n) is 11.3. The van der Waals surface area contributed by atoms with E-state index in [1.165, 1.54) is 13.3 Å². The Morgan fingerprint density at radius 2 is 1.80 bits per heavy atom. The number of hydrogen-bond donors (Lipinski definition) is 1. The molecule has 248 valence electrons. The van der Waals surface area contributed by atoms with E-state index in [0.717, 1.165) is 38.9 Å². The molecule has 3 saturated heterocycles. The zero-order valence-electron chi connectivity index (χ0n) is 27.9. The lowest BCUT2D eigenvalue weighted by Gasteiger charge is -2.74. The van der Waals surface area contributed by atoms with E-state index in [2.05, 4.69) is 30.6 Å². The summed E-state index contributed by atoms with van der Waals surface area (Å²) in [5.41, 5.74) is -5.69. The number of alkyl carbamates (subject to hydrolysis) is 1. The van der Waals surface area contributed by atoms with Crippen molar-refractivity contribution in [2.75, 3.05) is 40.3 Å². The molecular weight excluding hydrogens is 566 g/mol. The van der Waals surface area contributed by atoms with Crippen molar-refractivity contribution in [2.45, 2.75) is 122 Å². The van der Waals surface area contributed by atoms with Gasteiger partial charge in [-0.15, -0.1) is 6.58 Å². The number of ether oxygens (including phenoxy) is 5. The summed E-state index contributed by atoms with van der Waals surface area (Å²) in [5, 5.41) is 2.94. The van der Waals surface area contributed by atoms with Crippen LogP contribution in [-0.4, -0.2) is 109 Å². The summed E-state index contributed by atoms with van der Waals surface area (Å²) in [6, 6.07) is 0. The average molecular weight is 620 g/mol. The topological polar surface area (TPSA) is 116 Å². The van der Waals surface area contributed by atoms with Gasteiger partial charge in [0.1, 0.15) is 11.7 Å². The number of rotatable bonds is 7. The maximum Gasteiger partial charge on any atom is 0.407 e. The van der Waals surface area contributed by atoms with Crippen LogP contribution in [-0.2, 0) is 33.3 Å². The number of hydrogen-bond acceptors (Lipinski definition) is 10. The van der Waals surface area contributed by atoms with E-state index in [-0.39, 0.29) is 12.2 Å². The van der Waals surface area contributed by atoms with Crippen LogP contribution < -0.4 is 5.32 Å². The minimum atomic E-state index is -1.59. The lowest BCUT2D eigenvalue weighted by molar-refractivity contribution is -0.456. The molecule has 5 rings (SSSR count). The van der Waals surface area contributed by atoms with Crippen molar-refractivity contribution in [3.8, 4) is 0 Å². The van der Waals surface area contributed by atoms with Crippen LogP contribution >= 0.6 is 0 Å². The molecule has 1 N–H and O–H groups in total. The maximum absolute atomic E-state index is 14.8. The summed E-state index contributed by atoms with van der Waals surface area (Å²) >= 11 is 0. The number of esters is 1. The highest BCUT2D eigenvalue weighted by atomic mass is 16.7. The molecule has 0 aromatic carbocycles. The number of carbonyl (C=O) groups is 3. The molecule has 3 aliphatic heterocycles. The number of amides is 1. The van der Waals surface area contributed by atoms with E-state index in [0.29, 0.717) is 13.0 Å². The minimum Gasteiger partial charge on any atom is -0.455 e. The van der Waals surface area contributed by atoms with Crippen molar-refractivity contribution in [1.29, 1.82) is 0 Å². The third-order valence-corrected chi connectivity index (χ3v) is 11.3. The van der Waals surface area contributed by atoms with Gasteiger partial charge in [-0.2, -0.15) is 0 Å². The fourth-order valence-electron chi connectivity index (χ4n) is 9.43. The molecule has 9 atom stereocenters. The van der Waals surface area contributed by atoms with E-state index in [1.807, 2.05) is 21.0 Å². The normalized spacial score (nSPS) is 43.4. The smallest absolute Gasteiger partial charge is 0.407 e. The molecule has 0 radical (unpaired) electrons. The lowest BCUT2D eigenvalue weighted by Crippen LogP contribution is -2.90. The number of likely N-dealkylation sites (tertiary alicyclic amines) is 1. The first-order valence-electron chi connectivity index (χ1n) is 16.3. The molecule has 11 nitrogen and oxygen atoms in total. The van der Waals surface area contributed by atoms with Crippen molar-refractivity contribution in [3.63, 3.8) is 0 Å². The molecular formula is C33H53N3O8. The Bertz CT molecular complexity index is 1160. The SMILES string of the molecule is C=C[C@@]1(C)CC(=O)[C@@]23OC(N(C)C)O[C@H]4CCC(C)(C)[C@H]([C@H](OC(=O)NCCN5CCCCC5)[C@H](OC(C)=O)[C@@]2(C)O1)[C@]43C. The minimum absolute atomic E-state index is 0.0248. The van der Waals surface area contributed by atoms with Gasteiger partial charge in [-0.1, -0.05) is 33.3 Å². The first kappa shape index (κ1) is 33.3. The molecule has 0 bridgehead atoms. The number of ketones is 1. The molecule has 11 heteroatoms. The Kier molecular flexibility index (Phi) is 8.81. The number of carbonyl (C=O) groups excluding carboxylic acids is 3. The first-order valence-corrected chi connectivity index (χ1v) is 16.3. The number of nitrogens with one attached hydrogen (secondary N) is 1. The molecule has 3 heterocycles. The van der Waals surface area contributed by atoms with Gasteiger partial charge in [0.15, 0.2) is 17.5 Å². The van der Waals surface area contributed by atoms with Crippen molar-refractivity contribution in [1.82, 2.24) is 15.1 Å². The number of nitrogens with zero attached hydrogens (tertiary/aromatic N) is 2. The van der Waals surface area contributed by atoms with Crippen molar-refractivity contribution in [2.24, 2.45) is 16.7 Å². The Morgan fingerprint density at radius 1 is 1.11 bits per heavy atom. The highest BCUT2D eigenvalue weighted by Crippen LogP contribution is 2.70. The molecule has 44 heavy (non-hydrogen) atoms. The second kappa shape index (κ2) is 11.6. The van der Waals surface area contributed by atoms with Gasteiger partial charge in [0.2, 0.25) is 6.41 Å². The monoisotopic (exact) mass is 619 g/mol. The second-order valence-corrected chi connectivity index (χ2v) is 15.0. The van der Waals surface area contributed by atoms with Gasteiger partial charge in [0, 0.05) is 37.8 Å². The van der Waals surface area contributed by atoms with Gasteiger partial charge in [0.25, 0.3) is 0 Å². The largest absolute Gasteiger partial charge is 0.455 e. The van der Waals surface area contributed by atoms with Crippen LogP contribution in [0.15, 0.2) is 12.7 Å². The highest BCUT2D eigenvalue weighted by Gasteiger charge is 2.85. The fourth-order valence-corrected chi connectivity index (χ4v) is 9.43. The van der Waals surface area contributed by atoms with E-state index >= 15 is 0 Å². The number of piperidine rings is 1. The molecule has 2 saturated carbocycles. The predicted octanol–water partition coefficient (Wildman–Crippen LogP) is 3.65. The van der Waals surface area contributed by atoms with Crippen molar-refractivity contribution in [3.05, 3.63) is 12.7 Å². The van der Waals surface area contributed by atoms with E-state index in [9.17, 15) is 14.4 Å². The Morgan fingerprint density at radius 3 is 2.41 bits per heavy atom. The van der Waals surface area contributed by atoms with E-state index in [4.69, 9.17) is 23.7 Å². The van der Waals surface area contributed by atoms with Crippen molar-refractivity contribution >= 4 is 17.8 Å². The Hall–Kier alpha value is -2.05. The van der Waals surface area contributed by atoms with Crippen LogP contribution in [0.25, 0.3) is 0 Å². The van der Waals surface area contributed by atoms with Gasteiger partial charge >= 0.3 is 12.1 Å². The summed E-state index contributed by atoms with van der Waals surface area (Å²) in [6.07, 6.45) is 2.62.